The molecule has 108 valence electrons. The van der Waals surface area contributed by atoms with Gasteiger partial charge in [-0.15, -0.1) is 0 Å². The number of fused-ring (bicyclic) bond motifs is 1. The van der Waals surface area contributed by atoms with Gasteiger partial charge in [0.1, 0.15) is 0 Å². The highest BCUT2D eigenvalue weighted by Crippen LogP contribution is 2.34. The van der Waals surface area contributed by atoms with Crippen LogP contribution < -0.4 is 5.73 Å². The Morgan fingerprint density at radius 1 is 1.50 bits per heavy atom. The molecule has 2 aromatic heterocycles. The molecule has 2 rings (SSSR count). The average Bonchev–Trinajstić information content (AvgIpc) is 2.84. The Bertz CT molecular complexity index is 608. The summed E-state index contributed by atoms with van der Waals surface area (Å²) in [7, 11) is 0. The first-order valence-electron chi connectivity index (χ1n) is 6.66. The van der Waals surface area contributed by atoms with E-state index in [4.69, 9.17) is 10.5 Å². The number of nitrogens with zero attached hydrogens (tertiary/aromatic N) is 3. The highest BCUT2D eigenvalue weighted by Gasteiger charge is 2.32. The standard InChI is InChI=1S/C14H20N4O2/c1-10(2)14(3,6-9-20-13(15)19)11-5-8-18-12(17-11)4-7-16-18/h4-5,7-8,10H,6,9H2,1-3H3,(H2,15,19). The minimum absolute atomic E-state index is 0.193. The molecule has 0 fully saturated rings. The van der Waals surface area contributed by atoms with Crippen LogP contribution in [0, 0.1) is 5.92 Å². The van der Waals surface area contributed by atoms with Crippen LogP contribution in [0.15, 0.2) is 24.5 Å². The number of amides is 1. The van der Waals surface area contributed by atoms with Crippen molar-refractivity contribution in [2.75, 3.05) is 6.61 Å². The Hall–Kier alpha value is -2.11. The number of primary amides is 1. The van der Waals surface area contributed by atoms with Gasteiger partial charge in [-0.3, -0.25) is 0 Å². The number of carbonyl (C=O) groups excluding carboxylic acids is 1. The highest BCUT2D eigenvalue weighted by atomic mass is 16.5. The van der Waals surface area contributed by atoms with E-state index in [2.05, 4.69) is 30.9 Å². The molecule has 6 nitrogen and oxygen atoms in total. The molecule has 1 unspecified atom stereocenters. The summed E-state index contributed by atoms with van der Waals surface area (Å²) in [6.45, 7) is 6.67. The first-order chi connectivity index (χ1) is 9.43. The number of aromatic nitrogens is 3. The van der Waals surface area contributed by atoms with E-state index in [1.807, 2.05) is 18.3 Å². The van der Waals surface area contributed by atoms with Crippen LogP contribution in [-0.2, 0) is 10.2 Å². The van der Waals surface area contributed by atoms with E-state index in [0.717, 1.165) is 11.3 Å². The van der Waals surface area contributed by atoms with Crippen LogP contribution in [0.25, 0.3) is 5.65 Å². The molecular formula is C14H20N4O2. The maximum atomic E-state index is 10.7. The molecule has 0 aliphatic rings. The quantitative estimate of drug-likeness (QED) is 0.906. The van der Waals surface area contributed by atoms with Crippen molar-refractivity contribution >= 4 is 11.7 Å². The van der Waals surface area contributed by atoms with Crippen LogP contribution in [-0.4, -0.2) is 27.3 Å². The van der Waals surface area contributed by atoms with Crippen LogP contribution >= 0.6 is 0 Å². The molecule has 0 aliphatic carbocycles. The lowest BCUT2D eigenvalue weighted by Crippen LogP contribution is -2.32. The Morgan fingerprint density at radius 2 is 2.25 bits per heavy atom. The first kappa shape index (κ1) is 14.3. The third-order valence-corrected chi connectivity index (χ3v) is 3.98. The number of rotatable bonds is 5. The zero-order chi connectivity index (χ0) is 14.8. The predicted molar refractivity (Wildman–Crippen MR) is 75.3 cm³/mol. The molecule has 6 heteroatoms. The van der Waals surface area contributed by atoms with Crippen molar-refractivity contribution in [1.82, 2.24) is 14.6 Å². The number of ether oxygens (including phenoxy) is 1. The smallest absolute Gasteiger partial charge is 0.404 e. The van der Waals surface area contributed by atoms with Crippen LogP contribution in [0.3, 0.4) is 0 Å². The summed E-state index contributed by atoms with van der Waals surface area (Å²) in [6.07, 6.45) is 3.54. The number of hydrogen-bond acceptors (Lipinski definition) is 4. The van der Waals surface area contributed by atoms with Crippen molar-refractivity contribution in [3.8, 4) is 0 Å². The van der Waals surface area contributed by atoms with Crippen molar-refractivity contribution < 1.29 is 9.53 Å². The number of hydrogen-bond donors (Lipinski definition) is 1. The van der Waals surface area contributed by atoms with Crippen LogP contribution in [0.5, 0.6) is 0 Å². The van der Waals surface area contributed by atoms with Crippen LogP contribution in [0.1, 0.15) is 32.9 Å². The average molecular weight is 276 g/mol. The first-order valence-corrected chi connectivity index (χ1v) is 6.66. The number of nitrogens with two attached hydrogens (primary N) is 1. The van der Waals surface area contributed by atoms with Crippen LogP contribution in [0.2, 0.25) is 0 Å². The topological polar surface area (TPSA) is 82.5 Å². The van der Waals surface area contributed by atoms with Gasteiger partial charge in [0, 0.05) is 17.7 Å². The summed E-state index contributed by atoms with van der Waals surface area (Å²) in [5.41, 5.74) is 6.59. The van der Waals surface area contributed by atoms with E-state index in [1.165, 1.54) is 0 Å². The lowest BCUT2D eigenvalue weighted by Gasteiger charge is -2.33. The second-order valence-electron chi connectivity index (χ2n) is 5.44. The molecule has 20 heavy (non-hydrogen) atoms. The Morgan fingerprint density at radius 3 is 2.90 bits per heavy atom. The molecule has 1 amide bonds. The molecular weight excluding hydrogens is 256 g/mol. The molecule has 2 N–H and O–H groups in total. The molecule has 0 radical (unpaired) electrons. The van der Waals surface area contributed by atoms with Gasteiger partial charge in [-0.25, -0.2) is 14.3 Å². The molecule has 0 aromatic carbocycles. The minimum Gasteiger partial charge on any atom is -0.450 e. The van der Waals surface area contributed by atoms with Gasteiger partial charge in [-0.05, 0) is 18.4 Å². The van der Waals surface area contributed by atoms with Gasteiger partial charge in [0.25, 0.3) is 0 Å². The SMILES string of the molecule is CC(C)C(C)(CCOC(N)=O)c1ccn2nccc2n1. The molecule has 0 saturated carbocycles. The fourth-order valence-corrected chi connectivity index (χ4v) is 2.21. The zero-order valence-corrected chi connectivity index (χ0v) is 12.0. The fourth-order valence-electron chi connectivity index (χ4n) is 2.21. The van der Waals surface area contributed by atoms with Crippen molar-refractivity contribution in [3.05, 3.63) is 30.2 Å². The Labute approximate surface area is 117 Å². The summed E-state index contributed by atoms with van der Waals surface area (Å²) < 4.78 is 6.60. The third-order valence-electron chi connectivity index (χ3n) is 3.98. The number of carbonyl (C=O) groups is 1. The summed E-state index contributed by atoms with van der Waals surface area (Å²) in [5.74, 6) is 0.344. The Kier molecular flexibility index (Phi) is 3.92. The fraction of sp³-hybridized carbons (Fsp3) is 0.500. The maximum Gasteiger partial charge on any atom is 0.404 e. The third kappa shape index (κ3) is 2.74. The normalized spacial score (nSPS) is 14.4. The van der Waals surface area contributed by atoms with Gasteiger partial charge in [0.15, 0.2) is 5.65 Å². The monoisotopic (exact) mass is 276 g/mol. The second-order valence-corrected chi connectivity index (χ2v) is 5.44. The summed E-state index contributed by atoms with van der Waals surface area (Å²) in [5, 5.41) is 4.14. The Balaban J connectivity index is 2.28. The van der Waals surface area contributed by atoms with Gasteiger partial charge in [0.2, 0.25) is 0 Å². The van der Waals surface area contributed by atoms with E-state index >= 15 is 0 Å². The zero-order valence-electron chi connectivity index (χ0n) is 12.0. The maximum absolute atomic E-state index is 10.7. The lowest BCUT2D eigenvalue weighted by molar-refractivity contribution is 0.138. The van der Waals surface area contributed by atoms with Crippen molar-refractivity contribution in [1.29, 1.82) is 0 Å². The largest absolute Gasteiger partial charge is 0.450 e. The molecule has 0 aliphatic heterocycles. The molecule has 2 aromatic rings. The van der Waals surface area contributed by atoms with E-state index in [0.29, 0.717) is 12.3 Å². The van der Waals surface area contributed by atoms with E-state index < -0.39 is 6.09 Å². The van der Waals surface area contributed by atoms with E-state index in [1.54, 1.807) is 10.7 Å². The van der Waals surface area contributed by atoms with Crippen LogP contribution in [0.4, 0.5) is 4.79 Å². The van der Waals surface area contributed by atoms with Gasteiger partial charge in [0.05, 0.1) is 18.5 Å². The minimum atomic E-state index is -0.740. The summed E-state index contributed by atoms with van der Waals surface area (Å²) in [6, 6.07) is 3.83. The molecule has 0 spiro atoms. The molecule has 1 atom stereocenters. The summed E-state index contributed by atoms with van der Waals surface area (Å²) >= 11 is 0. The van der Waals surface area contributed by atoms with Gasteiger partial charge in [-0.1, -0.05) is 20.8 Å². The lowest BCUT2D eigenvalue weighted by atomic mass is 9.74. The summed E-state index contributed by atoms with van der Waals surface area (Å²) in [4.78, 5) is 15.4. The van der Waals surface area contributed by atoms with Crippen molar-refractivity contribution in [2.45, 2.75) is 32.6 Å². The predicted octanol–water partition coefficient (Wildman–Crippen LogP) is 2.13. The highest BCUT2D eigenvalue weighted by molar-refractivity contribution is 5.64. The van der Waals surface area contributed by atoms with Gasteiger partial charge in [-0.2, -0.15) is 5.10 Å². The molecule has 0 bridgehead atoms. The van der Waals surface area contributed by atoms with E-state index in [9.17, 15) is 4.79 Å². The van der Waals surface area contributed by atoms with Crippen molar-refractivity contribution in [2.24, 2.45) is 11.7 Å². The van der Waals surface area contributed by atoms with Gasteiger partial charge >= 0.3 is 6.09 Å². The molecule has 2 heterocycles. The second kappa shape index (κ2) is 5.48. The molecule has 0 saturated heterocycles. The van der Waals surface area contributed by atoms with E-state index in [-0.39, 0.29) is 12.0 Å². The van der Waals surface area contributed by atoms with Crippen molar-refractivity contribution in [3.63, 3.8) is 0 Å². The van der Waals surface area contributed by atoms with Gasteiger partial charge < -0.3 is 10.5 Å².